The van der Waals surface area contributed by atoms with Gasteiger partial charge in [0.1, 0.15) is 0 Å². The number of aliphatic carboxylic acids is 1. The van der Waals surface area contributed by atoms with E-state index in [1.807, 2.05) is 0 Å². The number of rotatable bonds is 0. The van der Waals surface area contributed by atoms with Gasteiger partial charge in [-0.15, -0.1) is 0 Å². The maximum atomic E-state index is 9.00. The van der Waals surface area contributed by atoms with Gasteiger partial charge in [0.15, 0.2) is 17.4 Å². The van der Waals surface area contributed by atoms with Gasteiger partial charge in [0.25, 0.3) is 5.97 Å². The molecule has 0 heterocycles. The fourth-order valence-corrected chi connectivity index (χ4v) is 0. The van der Waals surface area contributed by atoms with E-state index < -0.39 is 5.97 Å². The maximum absolute atomic E-state index is 9.00. The second kappa shape index (κ2) is 9.10. The summed E-state index contributed by atoms with van der Waals surface area (Å²) in [6, 6.07) is 0. The molecule has 0 rings (SSSR count). The number of hydrogen-bond donors (Lipinski definition) is 1. The van der Waals surface area contributed by atoms with Crippen LogP contribution in [0.4, 0.5) is 0 Å². The zero-order chi connectivity index (χ0) is 3.58. The van der Waals surface area contributed by atoms with Gasteiger partial charge in [0.05, 0.1) is 0 Å². The molecule has 0 saturated heterocycles. The van der Waals surface area contributed by atoms with Crippen LogP contribution in [0.3, 0.4) is 0 Å². The van der Waals surface area contributed by atoms with Crippen LogP contribution >= 0.6 is 0 Å². The van der Waals surface area contributed by atoms with Gasteiger partial charge in [-0.25, -0.2) is 0 Å². The van der Waals surface area contributed by atoms with Crippen molar-refractivity contribution in [1.29, 1.82) is 0 Å². The first-order valence-electron chi connectivity index (χ1n) is 0.928. The van der Waals surface area contributed by atoms with E-state index in [1.54, 1.807) is 0 Å². The Bertz CT molecular complexity index is 34.5. The molecule has 0 fully saturated rings. The Kier molecular flexibility index (Phi) is 24.3. The number of carboxylic acid groups (broad SMARTS) is 1. The zero-order valence-electron chi connectivity index (χ0n) is 2.66. The monoisotopic (exact) mass is 153 g/mol. The summed E-state index contributed by atoms with van der Waals surface area (Å²) in [5.74, 6) is -0.833. The minimum atomic E-state index is -0.833. The normalized spacial score (nSPS) is 4.17. The smallest absolute Gasteiger partial charge is 0.300 e. The molecule has 6 heavy (non-hydrogen) atoms. The van der Waals surface area contributed by atoms with Crippen molar-refractivity contribution in [1.82, 2.24) is 0 Å². The SMILES string of the molecule is CC(=O)O.[AlH3].[Cu]. The molecule has 0 aliphatic carbocycles. The summed E-state index contributed by atoms with van der Waals surface area (Å²) in [5.41, 5.74) is 0. The van der Waals surface area contributed by atoms with Crippen molar-refractivity contribution >= 4 is 23.3 Å². The Morgan fingerprint density at radius 1 is 1.67 bits per heavy atom. The Hall–Kier alpha value is 0.522. The predicted molar refractivity (Wildman–Crippen MR) is 23.2 cm³/mol. The van der Waals surface area contributed by atoms with Crippen molar-refractivity contribution in [2.75, 3.05) is 0 Å². The number of carboxylic acids is 1. The molecular weight excluding hydrogens is 147 g/mol. The molecule has 2 nitrogen and oxygen atoms in total. The second-order valence-corrected chi connectivity index (χ2v) is 0.519. The average molecular weight is 154 g/mol. The molecule has 4 heteroatoms. The van der Waals surface area contributed by atoms with E-state index in [9.17, 15) is 0 Å². The Morgan fingerprint density at radius 2 is 1.67 bits per heavy atom. The third-order valence-corrected chi connectivity index (χ3v) is 0. The van der Waals surface area contributed by atoms with Gasteiger partial charge < -0.3 is 5.11 Å². The van der Waals surface area contributed by atoms with Gasteiger partial charge in [-0.05, 0) is 0 Å². The van der Waals surface area contributed by atoms with Crippen LogP contribution in [0.15, 0.2) is 0 Å². The Balaban J connectivity index is -0.0000000450. The second-order valence-electron chi connectivity index (χ2n) is 0.519. The molecule has 0 amide bonds. The largest absolute Gasteiger partial charge is 0.481 e. The summed E-state index contributed by atoms with van der Waals surface area (Å²) < 4.78 is 0. The summed E-state index contributed by atoms with van der Waals surface area (Å²) in [4.78, 5) is 9.00. The molecule has 0 aliphatic rings. The van der Waals surface area contributed by atoms with E-state index in [-0.39, 0.29) is 34.4 Å². The summed E-state index contributed by atoms with van der Waals surface area (Å²) >= 11 is 0. The van der Waals surface area contributed by atoms with Crippen LogP contribution in [-0.4, -0.2) is 28.4 Å². The van der Waals surface area contributed by atoms with E-state index in [0.717, 1.165) is 6.92 Å². The van der Waals surface area contributed by atoms with Gasteiger partial charge in [0, 0.05) is 24.0 Å². The summed E-state index contributed by atoms with van der Waals surface area (Å²) in [6.07, 6.45) is 0. The molecule has 1 N–H and O–H groups in total. The van der Waals surface area contributed by atoms with Crippen LogP contribution in [0.5, 0.6) is 0 Å². The molecule has 1 radical (unpaired) electrons. The van der Waals surface area contributed by atoms with Crippen molar-refractivity contribution in [3.05, 3.63) is 0 Å². The van der Waals surface area contributed by atoms with Crippen molar-refractivity contribution < 1.29 is 27.0 Å². The molecule has 0 bridgehead atoms. The fourth-order valence-electron chi connectivity index (χ4n) is 0. The first-order chi connectivity index (χ1) is 1.73. The molecule has 0 aliphatic heterocycles. The molecule has 0 aromatic carbocycles. The molecule has 41 valence electrons. The number of hydrogen-bond acceptors (Lipinski definition) is 1. The van der Waals surface area contributed by atoms with E-state index in [0.29, 0.717) is 0 Å². The fraction of sp³-hybridized carbons (Fsp3) is 0.500. The summed E-state index contributed by atoms with van der Waals surface area (Å²) in [5, 5.41) is 7.42. The minimum Gasteiger partial charge on any atom is -0.481 e. The van der Waals surface area contributed by atoms with Crippen molar-refractivity contribution in [2.45, 2.75) is 6.92 Å². The van der Waals surface area contributed by atoms with Crippen molar-refractivity contribution in [3.8, 4) is 0 Å². The zero-order valence-corrected chi connectivity index (χ0v) is 3.60. The average Bonchev–Trinajstić information content (AvgIpc) is 0.811. The van der Waals surface area contributed by atoms with Gasteiger partial charge >= 0.3 is 0 Å². The van der Waals surface area contributed by atoms with Gasteiger partial charge in [-0.2, -0.15) is 0 Å². The topological polar surface area (TPSA) is 37.3 Å². The minimum absolute atomic E-state index is 0. The van der Waals surface area contributed by atoms with Crippen LogP contribution in [0, 0.1) is 0 Å². The molecule has 0 atom stereocenters. The van der Waals surface area contributed by atoms with Gasteiger partial charge in [-0.3, -0.25) is 4.79 Å². The third-order valence-electron chi connectivity index (χ3n) is 0. The van der Waals surface area contributed by atoms with Crippen LogP contribution in [0.2, 0.25) is 0 Å². The molecule has 0 unspecified atom stereocenters. The summed E-state index contributed by atoms with van der Waals surface area (Å²) in [7, 11) is 0. The predicted octanol–water partition coefficient (Wildman–Crippen LogP) is -1.10. The first kappa shape index (κ1) is 16.0. The van der Waals surface area contributed by atoms with Gasteiger partial charge in [-0.1, -0.05) is 0 Å². The first-order valence-corrected chi connectivity index (χ1v) is 0.928. The Labute approximate surface area is 57.5 Å². The van der Waals surface area contributed by atoms with E-state index >= 15 is 0 Å². The van der Waals surface area contributed by atoms with E-state index in [2.05, 4.69) is 0 Å². The maximum Gasteiger partial charge on any atom is 0.300 e. The van der Waals surface area contributed by atoms with Crippen molar-refractivity contribution in [2.24, 2.45) is 0 Å². The molecule has 0 aromatic rings. The van der Waals surface area contributed by atoms with Crippen LogP contribution in [0.1, 0.15) is 6.92 Å². The van der Waals surface area contributed by atoms with Crippen molar-refractivity contribution in [3.63, 3.8) is 0 Å². The van der Waals surface area contributed by atoms with Crippen LogP contribution < -0.4 is 0 Å². The third kappa shape index (κ3) is 206. The van der Waals surface area contributed by atoms with E-state index in [1.165, 1.54) is 0 Å². The molecule has 0 aromatic heterocycles. The van der Waals surface area contributed by atoms with Crippen LogP contribution in [0.25, 0.3) is 0 Å². The quantitative estimate of drug-likeness (QED) is 0.449. The summed E-state index contributed by atoms with van der Waals surface area (Å²) in [6.45, 7) is 1.08. The molecule has 0 spiro atoms. The van der Waals surface area contributed by atoms with Gasteiger partial charge in [0.2, 0.25) is 0 Å². The van der Waals surface area contributed by atoms with Crippen LogP contribution in [-0.2, 0) is 21.9 Å². The standard InChI is InChI=1S/C2H4O2.Al.Cu.3H/c1-2(3)4;;;;;/h1H3,(H,3,4);;;;;. The Morgan fingerprint density at radius 3 is 1.67 bits per heavy atom. The van der Waals surface area contributed by atoms with E-state index in [4.69, 9.17) is 9.90 Å². The molecule has 0 saturated carbocycles. The molecular formula is C2H7AlCuO2. The number of carbonyl (C=O) groups is 1.